The van der Waals surface area contributed by atoms with E-state index in [1.165, 1.54) is 89.9 Å². The molecule has 0 amide bonds. The van der Waals surface area contributed by atoms with Crippen LogP contribution in [-0.4, -0.2) is 5.79 Å². The molecule has 0 atom stereocenters. The highest BCUT2D eigenvalue weighted by atomic mass is 15.1. The van der Waals surface area contributed by atoms with Crippen LogP contribution in [0.1, 0.15) is 103 Å². The summed E-state index contributed by atoms with van der Waals surface area (Å²) in [7, 11) is 0. The molecule has 0 saturated carbocycles. The second kappa shape index (κ2) is 15.5. The predicted octanol–water partition coefficient (Wildman–Crippen LogP) is 4.94. The first-order valence-corrected chi connectivity index (χ1v) is 9.54. The summed E-state index contributed by atoms with van der Waals surface area (Å²) in [5.41, 5.74) is 16.6. The average molecular weight is 312 g/mol. The molecule has 0 aromatic rings. The number of rotatable bonds is 17. The summed E-state index contributed by atoms with van der Waals surface area (Å²) in [6.07, 6.45) is 22.8. The Morgan fingerprint density at radius 1 is 0.545 bits per heavy atom. The van der Waals surface area contributed by atoms with Gasteiger partial charge in [0.15, 0.2) is 0 Å². The van der Waals surface area contributed by atoms with E-state index in [9.17, 15) is 0 Å². The summed E-state index contributed by atoms with van der Waals surface area (Å²) in [5, 5.41) is 0. The zero-order valence-electron chi connectivity index (χ0n) is 14.8. The van der Waals surface area contributed by atoms with Crippen LogP contribution >= 0.6 is 0 Å². The molecule has 0 radical (unpaired) electrons. The number of allylic oxidation sites excluding steroid dienone is 1. The van der Waals surface area contributed by atoms with Gasteiger partial charge in [-0.2, -0.15) is 0 Å². The summed E-state index contributed by atoms with van der Waals surface area (Å²) in [4.78, 5) is 0. The lowest BCUT2D eigenvalue weighted by Gasteiger charge is -2.17. The second-order valence-corrected chi connectivity index (χ2v) is 6.89. The SMILES string of the molecule is C=CCCCCCCCCCCCCCCCCC(N)(N)N. The highest BCUT2D eigenvalue weighted by Crippen LogP contribution is 2.14. The summed E-state index contributed by atoms with van der Waals surface area (Å²) in [5.74, 6) is -0.967. The van der Waals surface area contributed by atoms with Gasteiger partial charge in [-0.3, -0.25) is 0 Å². The second-order valence-electron chi connectivity index (χ2n) is 6.89. The molecule has 0 aromatic carbocycles. The van der Waals surface area contributed by atoms with E-state index >= 15 is 0 Å². The van der Waals surface area contributed by atoms with Crippen molar-refractivity contribution in [3.05, 3.63) is 12.7 Å². The molecule has 3 heteroatoms. The van der Waals surface area contributed by atoms with Crippen LogP contribution in [-0.2, 0) is 0 Å². The van der Waals surface area contributed by atoms with Gasteiger partial charge in [-0.15, -0.1) is 6.58 Å². The standard InChI is InChI=1S/C19H41N3/c1-2-3-4-5-6-7-8-9-10-11-12-13-14-15-16-17-18-19(20,21)22/h2H,1,3-18,20-22H2. The largest absolute Gasteiger partial charge is 0.301 e. The number of hydrogen-bond donors (Lipinski definition) is 3. The molecule has 0 spiro atoms. The normalized spacial score (nSPS) is 11.8. The van der Waals surface area contributed by atoms with E-state index < -0.39 is 5.79 Å². The van der Waals surface area contributed by atoms with E-state index in [0.717, 1.165) is 12.8 Å². The fourth-order valence-corrected chi connectivity index (χ4v) is 2.84. The Bertz CT molecular complexity index is 233. The Labute approximate surface area is 139 Å². The van der Waals surface area contributed by atoms with Crippen molar-refractivity contribution >= 4 is 0 Å². The molecular weight excluding hydrogens is 270 g/mol. The third kappa shape index (κ3) is 19.6. The lowest BCUT2D eigenvalue weighted by atomic mass is 10.0. The summed E-state index contributed by atoms with van der Waals surface area (Å²) >= 11 is 0. The number of hydrogen-bond acceptors (Lipinski definition) is 3. The van der Waals surface area contributed by atoms with Gasteiger partial charge in [0.25, 0.3) is 0 Å². The van der Waals surface area contributed by atoms with E-state index in [-0.39, 0.29) is 0 Å². The summed E-state index contributed by atoms with van der Waals surface area (Å²) in [6.45, 7) is 3.76. The molecule has 22 heavy (non-hydrogen) atoms. The first kappa shape index (κ1) is 21.6. The fourth-order valence-electron chi connectivity index (χ4n) is 2.84. The van der Waals surface area contributed by atoms with Crippen molar-refractivity contribution in [3.8, 4) is 0 Å². The van der Waals surface area contributed by atoms with Crippen LogP contribution in [0.2, 0.25) is 0 Å². The lowest BCUT2D eigenvalue weighted by Crippen LogP contribution is -2.57. The van der Waals surface area contributed by atoms with Crippen molar-refractivity contribution in [3.63, 3.8) is 0 Å². The van der Waals surface area contributed by atoms with Gasteiger partial charge in [0.05, 0.1) is 0 Å². The highest BCUT2D eigenvalue weighted by molar-refractivity contribution is 4.67. The Hall–Kier alpha value is -0.380. The van der Waals surface area contributed by atoms with Crippen LogP contribution in [0.4, 0.5) is 0 Å². The summed E-state index contributed by atoms with van der Waals surface area (Å²) < 4.78 is 0. The molecule has 0 aromatic heterocycles. The maximum atomic E-state index is 5.55. The zero-order chi connectivity index (χ0) is 16.5. The van der Waals surface area contributed by atoms with Crippen molar-refractivity contribution in [2.75, 3.05) is 0 Å². The van der Waals surface area contributed by atoms with Crippen molar-refractivity contribution < 1.29 is 0 Å². The van der Waals surface area contributed by atoms with Crippen LogP contribution in [0.15, 0.2) is 12.7 Å². The lowest BCUT2D eigenvalue weighted by molar-refractivity contribution is 0.399. The molecule has 0 fully saturated rings. The predicted molar refractivity (Wildman–Crippen MR) is 99.4 cm³/mol. The Balaban J connectivity index is 3.01. The van der Waals surface area contributed by atoms with Gasteiger partial charge in [-0.1, -0.05) is 83.1 Å². The molecule has 3 nitrogen and oxygen atoms in total. The van der Waals surface area contributed by atoms with Crippen molar-refractivity contribution in [2.45, 2.75) is 109 Å². The Morgan fingerprint density at radius 3 is 1.18 bits per heavy atom. The zero-order valence-corrected chi connectivity index (χ0v) is 14.8. The monoisotopic (exact) mass is 311 g/mol. The highest BCUT2D eigenvalue weighted by Gasteiger charge is 2.09. The molecule has 0 aliphatic carbocycles. The van der Waals surface area contributed by atoms with Gasteiger partial charge in [0, 0.05) is 0 Å². The quantitative estimate of drug-likeness (QED) is 0.202. The van der Waals surface area contributed by atoms with Crippen LogP contribution < -0.4 is 17.2 Å². The Morgan fingerprint density at radius 2 is 0.864 bits per heavy atom. The van der Waals surface area contributed by atoms with E-state index in [0.29, 0.717) is 0 Å². The molecule has 0 rings (SSSR count). The molecular formula is C19H41N3. The molecule has 0 unspecified atom stereocenters. The number of nitrogens with two attached hydrogens (primary N) is 3. The molecule has 0 heterocycles. The maximum Gasteiger partial charge on any atom is 0.115 e. The van der Waals surface area contributed by atoms with Crippen LogP contribution in [0, 0.1) is 0 Å². The molecule has 0 bridgehead atoms. The van der Waals surface area contributed by atoms with E-state index in [1.54, 1.807) is 0 Å². The fraction of sp³-hybridized carbons (Fsp3) is 0.895. The summed E-state index contributed by atoms with van der Waals surface area (Å²) in [6, 6.07) is 0. The average Bonchev–Trinajstić information content (AvgIpc) is 2.45. The van der Waals surface area contributed by atoms with Crippen molar-refractivity contribution in [1.82, 2.24) is 0 Å². The van der Waals surface area contributed by atoms with Crippen molar-refractivity contribution in [1.29, 1.82) is 0 Å². The smallest absolute Gasteiger partial charge is 0.115 e. The minimum absolute atomic E-state index is 0.723. The Kier molecular flexibility index (Phi) is 15.2. The molecule has 0 aliphatic heterocycles. The maximum absolute atomic E-state index is 5.55. The molecule has 6 N–H and O–H groups in total. The van der Waals surface area contributed by atoms with Crippen molar-refractivity contribution in [2.24, 2.45) is 17.2 Å². The van der Waals surface area contributed by atoms with Gasteiger partial charge < -0.3 is 17.2 Å². The number of unbranched alkanes of at least 4 members (excludes halogenated alkanes) is 14. The molecule has 132 valence electrons. The van der Waals surface area contributed by atoms with Gasteiger partial charge in [0.1, 0.15) is 5.79 Å². The first-order chi connectivity index (χ1) is 10.6. The van der Waals surface area contributed by atoms with Gasteiger partial charge in [-0.25, -0.2) is 0 Å². The van der Waals surface area contributed by atoms with Gasteiger partial charge in [0.2, 0.25) is 0 Å². The minimum atomic E-state index is -0.967. The third-order valence-electron chi connectivity index (χ3n) is 4.27. The molecule has 0 aliphatic rings. The topological polar surface area (TPSA) is 78.1 Å². The van der Waals surface area contributed by atoms with Gasteiger partial charge >= 0.3 is 0 Å². The molecule has 0 saturated heterocycles. The van der Waals surface area contributed by atoms with E-state index in [2.05, 4.69) is 6.58 Å². The first-order valence-electron chi connectivity index (χ1n) is 9.54. The van der Waals surface area contributed by atoms with Gasteiger partial charge in [-0.05, 0) is 25.7 Å². The van der Waals surface area contributed by atoms with Crippen LogP contribution in [0.3, 0.4) is 0 Å². The van der Waals surface area contributed by atoms with E-state index in [1.807, 2.05) is 6.08 Å². The van der Waals surface area contributed by atoms with Crippen LogP contribution in [0.25, 0.3) is 0 Å². The van der Waals surface area contributed by atoms with E-state index in [4.69, 9.17) is 17.2 Å². The third-order valence-corrected chi connectivity index (χ3v) is 4.27. The minimum Gasteiger partial charge on any atom is -0.301 e. The van der Waals surface area contributed by atoms with Crippen LogP contribution in [0.5, 0.6) is 0 Å².